The van der Waals surface area contributed by atoms with Crippen molar-refractivity contribution in [1.82, 2.24) is 0 Å². The van der Waals surface area contributed by atoms with E-state index in [0.29, 0.717) is 29.0 Å². The number of nitrogens with two attached hydrogens (primary N) is 1. The Morgan fingerprint density at radius 2 is 1.27 bits per heavy atom. The van der Waals surface area contributed by atoms with Crippen LogP contribution < -0.4 is 11.1 Å². The Hall–Kier alpha value is -4.71. The highest BCUT2D eigenvalue weighted by molar-refractivity contribution is 6.29. The fourth-order valence-corrected chi connectivity index (χ4v) is 6.31. The molecule has 6 heteroatoms. The van der Waals surface area contributed by atoms with E-state index >= 15 is 0 Å². The van der Waals surface area contributed by atoms with Crippen molar-refractivity contribution < 1.29 is 19.1 Å². The zero-order valence-corrected chi connectivity index (χ0v) is 26.5. The number of hydrogen-bond donors (Lipinski definition) is 2. The summed E-state index contributed by atoms with van der Waals surface area (Å²) in [6.45, 7) is 6.65. The Morgan fingerprint density at radius 1 is 0.689 bits per heavy atom. The maximum Gasteiger partial charge on any atom is 0.338 e. The number of hydrogen-bond acceptors (Lipinski definition) is 4. The second-order valence-electron chi connectivity index (χ2n) is 12.0. The standard InChI is InChI=1S/C39H42N2O4/c1-4-5-6-7-8-9-10-11-21-45-39(44)27-17-14-18-29(22-27)41-38(43)33-24-28-23-32(37(40)42)30-19-12-15-25(2)34(30)36(28)35-26(3)16-13-20-31(33)35/h12-20,22-24H,4-11,21H2,1-3H3,(H2,40,42)(H,41,43). The Kier molecular flexibility index (Phi) is 10.1. The summed E-state index contributed by atoms with van der Waals surface area (Å²) in [6, 6.07) is 22.2. The van der Waals surface area contributed by atoms with Crippen LogP contribution in [-0.2, 0) is 4.74 Å². The molecule has 232 valence electrons. The molecule has 6 nitrogen and oxygen atoms in total. The van der Waals surface area contributed by atoms with Gasteiger partial charge in [-0.1, -0.05) is 94.3 Å². The van der Waals surface area contributed by atoms with Gasteiger partial charge in [-0.25, -0.2) is 4.79 Å². The molecule has 5 aromatic carbocycles. The van der Waals surface area contributed by atoms with Gasteiger partial charge in [0.1, 0.15) is 0 Å². The molecule has 45 heavy (non-hydrogen) atoms. The zero-order valence-electron chi connectivity index (χ0n) is 26.5. The highest BCUT2D eigenvalue weighted by Gasteiger charge is 2.20. The number of carbonyl (C=O) groups is 3. The number of nitrogens with one attached hydrogen (secondary N) is 1. The van der Waals surface area contributed by atoms with E-state index in [-0.39, 0.29) is 5.91 Å². The van der Waals surface area contributed by atoms with Crippen LogP contribution in [0.1, 0.15) is 100 Å². The lowest BCUT2D eigenvalue weighted by molar-refractivity contribution is 0.0497. The molecule has 0 fully saturated rings. The summed E-state index contributed by atoms with van der Waals surface area (Å²) in [6.07, 6.45) is 9.38. The Bertz CT molecular complexity index is 1890. The second-order valence-corrected chi connectivity index (χ2v) is 12.0. The van der Waals surface area contributed by atoms with Crippen molar-refractivity contribution in [3.63, 3.8) is 0 Å². The number of primary amides is 1. The molecule has 0 spiro atoms. The second kappa shape index (κ2) is 14.4. The van der Waals surface area contributed by atoms with Crippen LogP contribution in [0.25, 0.3) is 32.3 Å². The molecule has 0 unspecified atom stereocenters. The van der Waals surface area contributed by atoms with Crippen molar-refractivity contribution in [3.05, 3.63) is 101 Å². The lowest BCUT2D eigenvalue weighted by Gasteiger charge is -2.17. The Balaban J connectivity index is 1.39. The van der Waals surface area contributed by atoms with Crippen molar-refractivity contribution in [2.24, 2.45) is 5.73 Å². The van der Waals surface area contributed by atoms with Crippen molar-refractivity contribution in [1.29, 1.82) is 0 Å². The van der Waals surface area contributed by atoms with Gasteiger partial charge in [-0.2, -0.15) is 0 Å². The molecular weight excluding hydrogens is 560 g/mol. The topological polar surface area (TPSA) is 98.5 Å². The fourth-order valence-electron chi connectivity index (χ4n) is 6.31. The zero-order chi connectivity index (χ0) is 31.9. The summed E-state index contributed by atoms with van der Waals surface area (Å²) in [4.78, 5) is 39.1. The maximum absolute atomic E-state index is 13.8. The minimum Gasteiger partial charge on any atom is -0.462 e. The third-order valence-electron chi connectivity index (χ3n) is 8.61. The number of amides is 2. The molecule has 2 amide bonds. The summed E-state index contributed by atoms with van der Waals surface area (Å²) in [5.74, 6) is -1.24. The van der Waals surface area contributed by atoms with Gasteiger partial charge in [0.2, 0.25) is 5.91 Å². The third kappa shape index (κ3) is 7.01. The van der Waals surface area contributed by atoms with Gasteiger partial charge in [-0.15, -0.1) is 0 Å². The molecule has 0 aromatic heterocycles. The first-order chi connectivity index (χ1) is 21.8. The van der Waals surface area contributed by atoms with Gasteiger partial charge in [-0.05, 0) is 94.0 Å². The van der Waals surface area contributed by atoms with Crippen LogP contribution in [0.2, 0.25) is 0 Å². The largest absolute Gasteiger partial charge is 0.462 e. The van der Waals surface area contributed by atoms with E-state index in [4.69, 9.17) is 10.5 Å². The normalized spacial score (nSPS) is 11.3. The molecule has 3 N–H and O–H groups in total. The van der Waals surface area contributed by atoms with Crippen LogP contribution in [0.3, 0.4) is 0 Å². The first-order valence-electron chi connectivity index (χ1n) is 16.1. The van der Waals surface area contributed by atoms with Gasteiger partial charge in [-0.3, -0.25) is 9.59 Å². The number of anilines is 1. The van der Waals surface area contributed by atoms with Crippen LogP contribution in [-0.4, -0.2) is 24.4 Å². The average molecular weight is 603 g/mol. The number of unbranched alkanes of at least 4 members (excludes halogenated alkanes) is 7. The van der Waals surface area contributed by atoms with Gasteiger partial charge in [0, 0.05) is 16.8 Å². The summed E-state index contributed by atoms with van der Waals surface area (Å²) < 4.78 is 5.52. The summed E-state index contributed by atoms with van der Waals surface area (Å²) >= 11 is 0. The third-order valence-corrected chi connectivity index (χ3v) is 8.61. The van der Waals surface area contributed by atoms with Crippen molar-refractivity contribution in [3.8, 4) is 0 Å². The van der Waals surface area contributed by atoms with Gasteiger partial charge in [0.25, 0.3) is 5.91 Å². The number of ether oxygens (including phenoxy) is 1. The van der Waals surface area contributed by atoms with Crippen molar-refractivity contribution in [2.45, 2.75) is 72.1 Å². The van der Waals surface area contributed by atoms with E-state index in [1.165, 1.54) is 32.1 Å². The molecule has 0 aliphatic heterocycles. The van der Waals surface area contributed by atoms with E-state index in [1.54, 1.807) is 30.3 Å². The fraction of sp³-hybridized carbons (Fsp3) is 0.308. The monoisotopic (exact) mass is 602 g/mol. The number of carbonyl (C=O) groups excluding carboxylic acids is 3. The van der Waals surface area contributed by atoms with E-state index in [0.717, 1.165) is 62.7 Å². The Labute approximate surface area is 264 Å². The van der Waals surface area contributed by atoms with E-state index in [9.17, 15) is 14.4 Å². The lowest BCUT2D eigenvalue weighted by Crippen LogP contribution is -2.14. The van der Waals surface area contributed by atoms with E-state index in [1.807, 2.05) is 56.3 Å². The van der Waals surface area contributed by atoms with Gasteiger partial charge < -0.3 is 15.8 Å². The number of benzene rings is 5. The molecule has 5 rings (SSSR count). The number of esters is 1. The number of aryl methyl sites for hydroxylation is 2. The molecule has 0 radical (unpaired) electrons. The average Bonchev–Trinajstić information content (AvgIpc) is 3.03. The number of fused-ring (bicyclic) bond motifs is 5. The predicted molar refractivity (Wildman–Crippen MR) is 184 cm³/mol. The molecule has 5 aromatic rings. The molecule has 0 aliphatic carbocycles. The van der Waals surface area contributed by atoms with E-state index in [2.05, 4.69) is 12.2 Å². The minimum atomic E-state index is -0.519. The smallest absolute Gasteiger partial charge is 0.338 e. The summed E-state index contributed by atoms with van der Waals surface area (Å²) in [5.41, 5.74) is 9.62. The number of rotatable bonds is 13. The predicted octanol–water partition coefficient (Wildman–Crippen LogP) is 9.41. The van der Waals surface area contributed by atoms with Crippen molar-refractivity contribution >= 4 is 55.8 Å². The van der Waals surface area contributed by atoms with Gasteiger partial charge in [0.05, 0.1) is 12.2 Å². The summed E-state index contributed by atoms with van der Waals surface area (Å²) in [5, 5.41) is 8.23. The lowest BCUT2D eigenvalue weighted by atomic mass is 9.87. The molecule has 0 atom stereocenters. The molecule has 0 aliphatic rings. The quantitative estimate of drug-likeness (QED) is 0.0797. The maximum atomic E-state index is 13.8. The SMILES string of the molecule is CCCCCCCCCCOC(=O)c1cccc(NC(=O)c2cc3cc(C(N)=O)c4cccc(C)c4c3c3c(C)cccc23)c1. The molecule has 0 saturated carbocycles. The first kappa shape index (κ1) is 31.7. The van der Waals surface area contributed by atoms with Crippen molar-refractivity contribution in [2.75, 3.05) is 11.9 Å². The molecular formula is C39H42N2O4. The van der Waals surface area contributed by atoms with Crippen LogP contribution in [0.5, 0.6) is 0 Å². The minimum absolute atomic E-state index is 0.317. The van der Waals surface area contributed by atoms with Crippen LogP contribution in [0, 0.1) is 13.8 Å². The molecule has 0 saturated heterocycles. The highest BCUT2D eigenvalue weighted by atomic mass is 16.5. The summed E-state index contributed by atoms with van der Waals surface area (Å²) in [7, 11) is 0. The highest BCUT2D eigenvalue weighted by Crippen LogP contribution is 2.39. The van der Waals surface area contributed by atoms with Crippen LogP contribution >= 0.6 is 0 Å². The van der Waals surface area contributed by atoms with E-state index < -0.39 is 11.9 Å². The van der Waals surface area contributed by atoms with Crippen LogP contribution in [0.4, 0.5) is 5.69 Å². The van der Waals surface area contributed by atoms with Gasteiger partial charge in [0.15, 0.2) is 0 Å². The molecule has 0 heterocycles. The Morgan fingerprint density at radius 3 is 1.91 bits per heavy atom. The molecule has 0 bridgehead atoms. The van der Waals surface area contributed by atoms with Gasteiger partial charge >= 0.3 is 5.97 Å². The first-order valence-corrected chi connectivity index (χ1v) is 16.1. The van der Waals surface area contributed by atoms with Crippen LogP contribution in [0.15, 0.2) is 72.8 Å².